The molecule has 0 aliphatic heterocycles. The van der Waals surface area contributed by atoms with E-state index in [0.29, 0.717) is 13.1 Å². The van der Waals surface area contributed by atoms with E-state index >= 15 is 0 Å². The molecule has 0 aromatic carbocycles. The molecule has 0 spiro atoms. The fourth-order valence-electron chi connectivity index (χ4n) is 1.38. The molecule has 0 fully saturated rings. The molecule has 0 atom stereocenters. The second-order valence-electron chi connectivity index (χ2n) is 3.92. The zero-order valence-electron chi connectivity index (χ0n) is 10.6. The number of nitrogens with zero attached hydrogens (tertiary/aromatic N) is 1. The second-order valence-corrected chi connectivity index (χ2v) is 5.72. The Morgan fingerprint density at radius 2 is 2.26 bits per heavy atom. The topological polar surface area (TPSA) is 61.4 Å². The van der Waals surface area contributed by atoms with Crippen LogP contribution in [0.25, 0.3) is 0 Å². The quantitative estimate of drug-likeness (QED) is 0.788. The molecule has 3 amide bonds. The SMILES string of the molecule is C=CCNC(=O)NC(=O)CN(C)Cc1ccc(Cl)s1. The number of hydrogen-bond acceptors (Lipinski definition) is 4. The Morgan fingerprint density at radius 3 is 2.84 bits per heavy atom. The van der Waals surface area contributed by atoms with Gasteiger partial charge in [0.25, 0.3) is 0 Å². The number of likely N-dealkylation sites (N-methyl/N-ethyl adjacent to an activating group) is 1. The van der Waals surface area contributed by atoms with Crippen LogP contribution >= 0.6 is 22.9 Å². The molecule has 1 heterocycles. The van der Waals surface area contributed by atoms with E-state index in [1.165, 1.54) is 17.4 Å². The molecule has 1 rings (SSSR count). The summed E-state index contributed by atoms with van der Waals surface area (Å²) >= 11 is 7.30. The highest BCUT2D eigenvalue weighted by Crippen LogP contribution is 2.22. The van der Waals surface area contributed by atoms with Crippen molar-refractivity contribution in [3.63, 3.8) is 0 Å². The van der Waals surface area contributed by atoms with Gasteiger partial charge in [0.05, 0.1) is 10.9 Å². The van der Waals surface area contributed by atoms with Gasteiger partial charge in [-0.1, -0.05) is 17.7 Å². The van der Waals surface area contributed by atoms with E-state index in [-0.39, 0.29) is 12.5 Å². The number of nitrogens with one attached hydrogen (secondary N) is 2. The third-order valence-electron chi connectivity index (χ3n) is 2.13. The lowest BCUT2D eigenvalue weighted by atomic mass is 10.4. The van der Waals surface area contributed by atoms with Crippen LogP contribution < -0.4 is 10.6 Å². The minimum Gasteiger partial charge on any atom is -0.334 e. The molecule has 1 aromatic heterocycles. The molecule has 5 nitrogen and oxygen atoms in total. The summed E-state index contributed by atoms with van der Waals surface area (Å²) in [4.78, 5) is 25.7. The van der Waals surface area contributed by atoms with E-state index in [9.17, 15) is 9.59 Å². The molecule has 0 aliphatic carbocycles. The predicted molar refractivity (Wildman–Crippen MR) is 77.4 cm³/mol. The first-order valence-corrected chi connectivity index (χ1v) is 6.82. The molecule has 0 unspecified atom stereocenters. The number of halogens is 1. The summed E-state index contributed by atoms with van der Waals surface area (Å²) in [5, 5.41) is 4.70. The van der Waals surface area contributed by atoms with Crippen LogP contribution in [0.1, 0.15) is 4.88 Å². The summed E-state index contributed by atoms with van der Waals surface area (Å²) in [6.45, 7) is 4.53. The number of carbonyl (C=O) groups excluding carboxylic acids is 2. The summed E-state index contributed by atoms with van der Waals surface area (Å²) in [6.07, 6.45) is 1.54. The third kappa shape index (κ3) is 6.37. The van der Waals surface area contributed by atoms with Crippen molar-refractivity contribution in [3.8, 4) is 0 Å². The molecule has 19 heavy (non-hydrogen) atoms. The summed E-state index contributed by atoms with van der Waals surface area (Å²) < 4.78 is 0.719. The Bertz CT molecular complexity index is 462. The highest BCUT2D eigenvalue weighted by atomic mass is 35.5. The van der Waals surface area contributed by atoms with Gasteiger partial charge in [-0.25, -0.2) is 4.79 Å². The van der Waals surface area contributed by atoms with E-state index in [2.05, 4.69) is 17.2 Å². The van der Waals surface area contributed by atoms with Crippen LogP contribution in [0.3, 0.4) is 0 Å². The summed E-state index contributed by atoms with van der Waals surface area (Å²) in [7, 11) is 1.80. The lowest BCUT2D eigenvalue weighted by Crippen LogP contribution is -2.43. The molecule has 0 aliphatic rings. The lowest BCUT2D eigenvalue weighted by Gasteiger charge is -2.14. The molecule has 104 valence electrons. The minimum atomic E-state index is -0.516. The maximum absolute atomic E-state index is 11.6. The monoisotopic (exact) mass is 301 g/mol. The second kappa shape index (κ2) is 7.93. The molecule has 7 heteroatoms. The van der Waals surface area contributed by atoms with Crippen molar-refractivity contribution < 1.29 is 9.59 Å². The Morgan fingerprint density at radius 1 is 1.53 bits per heavy atom. The molecule has 0 saturated heterocycles. The lowest BCUT2D eigenvalue weighted by molar-refractivity contribution is -0.120. The fraction of sp³-hybridized carbons (Fsp3) is 0.333. The van der Waals surface area contributed by atoms with Gasteiger partial charge < -0.3 is 5.32 Å². The largest absolute Gasteiger partial charge is 0.334 e. The number of carbonyl (C=O) groups is 2. The Kier molecular flexibility index (Phi) is 6.55. The summed E-state index contributed by atoms with van der Waals surface area (Å²) in [6, 6.07) is 3.22. The fourth-order valence-corrected chi connectivity index (χ4v) is 2.55. The molecule has 2 N–H and O–H groups in total. The van der Waals surface area contributed by atoms with Crippen LogP contribution in [0, 0.1) is 0 Å². The van der Waals surface area contributed by atoms with E-state index < -0.39 is 6.03 Å². The van der Waals surface area contributed by atoms with Crippen LogP contribution in [-0.2, 0) is 11.3 Å². The Hall–Kier alpha value is -1.37. The highest BCUT2D eigenvalue weighted by molar-refractivity contribution is 7.16. The Balaban J connectivity index is 2.31. The van der Waals surface area contributed by atoms with Crippen LogP contribution in [0.2, 0.25) is 4.34 Å². The maximum Gasteiger partial charge on any atom is 0.321 e. The van der Waals surface area contributed by atoms with Gasteiger partial charge in [0, 0.05) is 18.0 Å². The van der Waals surface area contributed by atoms with Gasteiger partial charge >= 0.3 is 6.03 Å². The van der Waals surface area contributed by atoms with E-state index in [1.807, 2.05) is 12.1 Å². The number of amides is 3. The minimum absolute atomic E-state index is 0.136. The molecular formula is C12H16ClN3O2S. The van der Waals surface area contributed by atoms with Crippen molar-refractivity contribution in [3.05, 3.63) is 34.0 Å². The number of thiophene rings is 1. The number of imide groups is 1. The first-order chi connectivity index (χ1) is 9.01. The smallest absolute Gasteiger partial charge is 0.321 e. The molecule has 0 radical (unpaired) electrons. The zero-order valence-corrected chi connectivity index (χ0v) is 12.2. The number of hydrogen-bond donors (Lipinski definition) is 2. The van der Waals surface area contributed by atoms with Gasteiger partial charge in [0.15, 0.2) is 0 Å². The summed E-state index contributed by atoms with van der Waals surface area (Å²) in [5.41, 5.74) is 0. The van der Waals surface area contributed by atoms with Crippen LogP contribution in [-0.4, -0.2) is 37.0 Å². The van der Waals surface area contributed by atoms with Crippen molar-refractivity contribution in [2.45, 2.75) is 6.54 Å². The van der Waals surface area contributed by atoms with Gasteiger partial charge in [-0.3, -0.25) is 15.0 Å². The number of rotatable bonds is 6. The molecule has 0 bridgehead atoms. The first-order valence-electron chi connectivity index (χ1n) is 5.62. The first kappa shape index (κ1) is 15.7. The van der Waals surface area contributed by atoms with Gasteiger partial charge in [-0.2, -0.15) is 0 Å². The average Bonchev–Trinajstić information content (AvgIpc) is 2.71. The zero-order chi connectivity index (χ0) is 14.3. The van der Waals surface area contributed by atoms with Gasteiger partial charge in [0.1, 0.15) is 0 Å². The standard InChI is InChI=1S/C12H16ClN3O2S/c1-3-6-14-12(18)15-11(17)8-16(2)7-9-4-5-10(13)19-9/h3-5H,1,6-8H2,2H3,(H2,14,15,17,18). The van der Waals surface area contributed by atoms with Crippen molar-refractivity contribution in [2.24, 2.45) is 0 Å². The summed E-state index contributed by atoms with van der Waals surface area (Å²) in [5.74, 6) is -0.355. The third-order valence-corrected chi connectivity index (χ3v) is 3.34. The highest BCUT2D eigenvalue weighted by Gasteiger charge is 2.10. The molecular weight excluding hydrogens is 286 g/mol. The van der Waals surface area contributed by atoms with E-state index in [1.54, 1.807) is 11.9 Å². The normalized spacial score (nSPS) is 10.3. The predicted octanol–water partition coefficient (Wildman–Crippen LogP) is 1.85. The van der Waals surface area contributed by atoms with Crippen molar-refractivity contribution in [1.82, 2.24) is 15.5 Å². The van der Waals surface area contributed by atoms with Gasteiger partial charge in [-0.05, 0) is 19.2 Å². The van der Waals surface area contributed by atoms with Gasteiger partial charge in [0.2, 0.25) is 5.91 Å². The van der Waals surface area contributed by atoms with E-state index in [4.69, 9.17) is 11.6 Å². The maximum atomic E-state index is 11.6. The van der Waals surface area contributed by atoms with Crippen LogP contribution in [0.5, 0.6) is 0 Å². The average molecular weight is 302 g/mol. The number of urea groups is 1. The van der Waals surface area contributed by atoms with E-state index in [0.717, 1.165) is 9.21 Å². The van der Waals surface area contributed by atoms with Crippen LogP contribution in [0.4, 0.5) is 4.79 Å². The van der Waals surface area contributed by atoms with Crippen LogP contribution in [0.15, 0.2) is 24.8 Å². The van der Waals surface area contributed by atoms with Gasteiger partial charge in [-0.15, -0.1) is 17.9 Å². The van der Waals surface area contributed by atoms with Crippen molar-refractivity contribution >= 4 is 34.9 Å². The molecule has 1 aromatic rings. The Labute approximate surface area is 121 Å². The molecule has 0 saturated carbocycles. The van der Waals surface area contributed by atoms with Crippen molar-refractivity contribution in [1.29, 1.82) is 0 Å². The van der Waals surface area contributed by atoms with Crippen molar-refractivity contribution in [2.75, 3.05) is 20.1 Å².